The largest absolute Gasteiger partial charge is 0.462 e. The van der Waals surface area contributed by atoms with Crippen molar-refractivity contribution in [1.82, 2.24) is 20.1 Å². The lowest BCUT2D eigenvalue weighted by molar-refractivity contribution is -0.115. The van der Waals surface area contributed by atoms with Crippen LogP contribution in [-0.4, -0.2) is 57.0 Å². The van der Waals surface area contributed by atoms with Gasteiger partial charge in [0, 0.05) is 10.2 Å². The summed E-state index contributed by atoms with van der Waals surface area (Å²) in [6, 6.07) is 10.6. The molecule has 2 N–H and O–H groups in total. The molecule has 3 heterocycles. The minimum absolute atomic E-state index is 0.0394. The zero-order valence-corrected chi connectivity index (χ0v) is 26.9. The summed E-state index contributed by atoms with van der Waals surface area (Å²) in [5.74, 6) is -1.51. The van der Waals surface area contributed by atoms with Crippen molar-refractivity contribution in [3.63, 3.8) is 0 Å². The summed E-state index contributed by atoms with van der Waals surface area (Å²) in [5, 5.41) is 14.0. The van der Waals surface area contributed by atoms with E-state index in [0.717, 1.165) is 27.6 Å². The van der Waals surface area contributed by atoms with Crippen molar-refractivity contribution in [3.05, 3.63) is 74.7 Å². The monoisotopic (exact) mass is 689 g/mol. The Hall–Kier alpha value is -3.95. The number of carbonyl (C=O) groups is 4. The number of nitrogens with zero attached hydrogens (tertiary/aromatic N) is 3. The Morgan fingerprint density at radius 3 is 2.42 bits per heavy atom. The molecule has 3 aromatic heterocycles. The van der Waals surface area contributed by atoms with Crippen LogP contribution in [0.2, 0.25) is 0 Å². The maximum atomic E-state index is 13.4. The molecule has 0 bridgehead atoms. The molecule has 0 fully saturated rings. The predicted octanol–water partition coefficient (Wildman–Crippen LogP) is 5.40. The molecule has 43 heavy (non-hydrogen) atoms. The molecule has 0 saturated heterocycles. The molecular weight excluding hydrogens is 662 g/mol. The number of nitrogens with one attached hydrogen (secondary N) is 2. The quantitative estimate of drug-likeness (QED) is 0.146. The Labute approximate surface area is 263 Å². The predicted molar refractivity (Wildman–Crippen MR) is 164 cm³/mol. The third kappa shape index (κ3) is 7.53. The highest BCUT2D eigenvalue weighted by Gasteiger charge is 2.29. The second-order valence-corrected chi connectivity index (χ2v) is 12.1. The Kier molecular flexibility index (Phi) is 10.8. The number of amides is 2. The van der Waals surface area contributed by atoms with Gasteiger partial charge in [0.25, 0.3) is 5.91 Å². The number of aromatic nitrogens is 3. The molecule has 0 spiro atoms. The van der Waals surface area contributed by atoms with Crippen molar-refractivity contribution in [3.8, 4) is 5.69 Å². The van der Waals surface area contributed by atoms with Crippen molar-refractivity contribution in [2.24, 2.45) is 0 Å². The normalized spacial score (nSPS) is 11.6. The number of carbonyl (C=O) groups excluding carboxylic acids is 4. The second kappa shape index (κ2) is 14.5. The first kappa shape index (κ1) is 32.0. The van der Waals surface area contributed by atoms with Gasteiger partial charge in [0.2, 0.25) is 5.91 Å². The van der Waals surface area contributed by atoms with E-state index in [-0.39, 0.29) is 41.0 Å². The number of hydrogen-bond acceptors (Lipinski definition) is 11. The summed E-state index contributed by atoms with van der Waals surface area (Å²) < 4.78 is 18.1. The molecule has 12 nitrogen and oxygen atoms in total. The maximum Gasteiger partial charge on any atom is 0.348 e. The number of thioether (sulfide) groups is 1. The van der Waals surface area contributed by atoms with E-state index in [2.05, 4.69) is 36.8 Å². The van der Waals surface area contributed by atoms with Gasteiger partial charge in [-0.1, -0.05) is 27.7 Å². The van der Waals surface area contributed by atoms with Crippen LogP contribution >= 0.6 is 39.0 Å². The molecule has 0 aliphatic heterocycles. The van der Waals surface area contributed by atoms with Gasteiger partial charge in [-0.05, 0) is 69.7 Å². The van der Waals surface area contributed by atoms with Gasteiger partial charge < -0.3 is 24.5 Å². The molecule has 2 amide bonds. The van der Waals surface area contributed by atoms with Crippen molar-refractivity contribution < 1.29 is 33.1 Å². The number of thiophene rings is 1. The van der Waals surface area contributed by atoms with Gasteiger partial charge in [-0.3, -0.25) is 14.2 Å². The Balaban J connectivity index is 1.58. The minimum Gasteiger partial charge on any atom is -0.462 e. The zero-order valence-electron chi connectivity index (χ0n) is 23.6. The van der Waals surface area contributed by atoms with Gasteiger partial charge in [-0.25, -0.2) is 9.59 Å². The lowest BCUT2D eigenvalue weighted by atomic mass is 10.1. The van der Waals surface area contributed by atoms with E-state index in [1.165, 1.54) is 6.26 Å². The zero-order chi connectivity index (χ0) is 31.1. The van der Waals surface area contributed by atoms with E-state index in [9.17, 15) is 19.2 Å². The molecule has 0 aliphatic rings. The summed E-state index contributed by atoms with van der Waals surface area (Å²) in [5.41, 5.74) is 1.19. The molecule has 0 radical (unpaired) electrons. The number of esters is 2. The van der Waals surface area contributed by atoms with Crippen LogP contribution in [0.3, 0.4) is 0 Å². The molecule has 0 unspecified atom stereocenters. The van der Waals surface area contributed by atoms with E-state index in [1.54, 1.807) is 44.4 Å². The van der Waals surface area contributed by atoms with E-state index in [0.29, 0.717) is 22.2 Å². The fourth-order valence-electron chi connectivity index (χ4n) is 3.86. The van der Waals surface area contributed by atoms with Crippen LogP contribution in [0.25, 0.3) is 5.69 Å². The van der Waals surface area contributed by atoms with Crippen LogP contribution in [0.4, 0.5) is 5.00 Å². The highest BCUT2D eigenvalue weighted by Crippen LogP contribution is 2.35. The molecule has 1 atom stereocenters. The number of anilines is 1. The van der Waals surface area contributed by atoms with Crippen LogP contribution in [0.1, 0.15) is 62.7 Å². The van der Waals surface area contributed by atoms with Gasteiger partial charge in [0.15, 0.2) is 16.7 Å². The number of hydrogen-bond donors (Lipinski definition) is 2. The lowest BCUT2D eigenvalue weighted by Crippen LogP contribution is -2.25. The SMILES string of the molecule is CCOC(=O)c1sc(NC(=O)[C@@H](C)Sc2nnc(CNC(=O)c3ccco3)n2-c2ccc(Br)cc2)c(C(=O)OCC)c1C. The van der Waals surface area contributed by atoms with Crippen molar-refractivity contribution in [2.45, 2.75) is 44.6 Å². The fourth-order valence-corrected chi connectivity index (χ4v) is 6.10. The number of rotatable bonds is 12. The molecule has 1 aromatic carbocycles. The summed E-state index contributed by atoms with van der Waals surface area (Å²) in [6.07, 6.45) is 1.41. The highest BCUT2D eigenvalue weighted by molar-refractivity contribution is 9.10. The molecule has 15 heteroatoms. The molecular formula is C28H28BrN5O7S2. The third-order valence-corrected chi connectivity index (χ3v) is 8.67. The average Bonchev–Trinajstić information content (AvgIpc) is 3.72. The Morgan fingerprint density at radius 1 is 1.07 bits per heavy atom. The standard InChI is InChI=1S/C28H28BrN5O7S2/c1-5-39-26(37)21-15(3)22(27(38)40-6-2)43-25(21)31-23(35)16(4)42-28-33-32-20(14-30-24(36)19-8-7-13-41-19)34(28)18-11-9-17(29)10-12-18/h7-13,16H,5-6,14H2,1-4H3,(H,30,36)(H,31,35)/t16-/m1/s1. The number of ether oxygens (including phenoxy) is 2. The van der Waals surface area contributed by atoms with Gasteiger partial charge in [-0.15, -0.1) is 21.5 Å². The van der Waals surface area contributed by atoms with Crippen molar-refractivity contribution in [2.75, 3.05) is 18.5 Å². The molecule has 4 aromatic rings. The van der Waals surface area contributed by atoms with E-state index in [1.807, 2.05) is 24.3 Å². The summed E-state index contributed by atoms with van der Waals surface area (Å²) in [4.78, 5) is 51.3. The first-order valence-corrected chi connectivity index (χ1v) is 15.6. The number of furan rings is 1. The Morgan fingerprint density at radius 2 is 1.77 bits per heavy atom. The topological polar surface area (TPSA) is 155 Å². The van der Waals surface area contributed by atoms with Gasteiger partial charge in [0.1, 0.15) is 9.88 Å². The first-order chi connectivity index (χ1) is 20.6. The molecule has 4 rings (SSSR count). The summed E-state index contributed by atoms with van der Waals surface area (Å²) in [7, 11) is 0. The molecule has 0 aliphatic carbocycles. The van der Waals surface area contributed by atoms with Crippen LogP contribution in [0, 0.1) is 6.92 Å². The van der Waals surface area contributed by atoms with Gasteiger partial charge in [-0.2, -0.15) is 0 Å². The van der Waals surface area contributed by atoms with Crippen LogP contribution in [0.5, 0.6) is 0 Å². The average molecular weight is 691 g/mol. The van der Waals surface area contributed by atoms with Crippen LogP contribution in [0.15, 0.2) is 56.7 Å². The second-order valence-electron chi connectivity index (χ2n) is 8.82. The van der Waals surface area contributed by atoms with E-state index < -0.39 is 29.0 Å². The third-order valence-electron chi connectivity index (χ3n) is 5.91. The highest BCUT2D eigenvalue weighted by atomic mass is 79.9. The van der Waals surface area contributed by atoms with Crippen molar-refractivity contribution in [1.29, 1.82) is 0 Å². The van der Waals surface area contributed by atoms with E-state index >= 15 is 0 Å². The Bertz CT molecular complexity index is 1620. The number of halogens is 1. The minimum atomic E-state index is -0.715. The maximum absolute atomic E-state index is 13.4. The van der Waals surface area contributed by atoms with Gasteiger partial charge in [0.05, 0.1) is 36.8 Å². The fraction of sp³-hybridized carbons (Fsp3) is 0.286. The van der Waals surface area contributed by atoms with Crippen LogP contribution < -0.4 is 10.6 Å². The smallest absolute Gasteiger partial charge is 0.348 e. The summed E-state index contributed by atoms with van der Waals surface area (Å²) in [6.45, 7) is 6.96. The summed E-state index contributed by atoms with van der Waals surface area (Å²) >= 11 is 5.51. The van der Waals surface area contributed by atoms with Gasteiger partial charge >= 0.3 is 11.9 Å². The van der Waals surface area contributed by atoms with Crippen LogP contribution in [-0.2, 0) is 20.8 Å². The first-order valence-electron chi connectivity index (χ1n) is 13.1. The number of benzene rings is 1. The molecule has 226 valence electrons. The van der Waals surface area contributed by atoms with E-state index in [4.69, 9.17) is 13.9 Å². The molecule has 0 saturated carbocycles. The van der Waals surface area contributed by atoms with Crippen molar-refractivity contribution >= 4 is 67.8 Å². The lowest BCUT2D eigenvalue weighted by Gasteiger charge is -2.14.